The Morgan fingerprint density at radius 3 is 2.61 bits per heavy atom. The zero-order chi connectivity index (χ0) is 16.1. The van der Waals surface area contributed by atoms with Crippen LogP contribution in [-0.2, 0) is 9.47 Å². The van der Waals surface area contributed by atoms with Crippen molar-refractivity contribution >= 4 is 29.7 Å². The molecule has 2 heterocycles. The van der Waals surface area contributed by atoms with Crippen LogP contribution in [0.15, 0.2) is 46.2 Å². The van der Waals surface area contributed by atoms with E-state index < -0.39 is 24.2 Å². The van der Waals surface area contributed by atoms with Gasteiger partial charge in [0, 0.05) is 15.4 Å². The predicted octanol–water partition coefficient (Wildman–Crippen LogP) is 2.31. The molecule has 0 bridgehead atoms. The largest absolute Gasteiger partial charge is 0.428 e. The third-order valence-corrected chi connectivity index (χ3v) is 4.64. The topological polar surface area (TPSA) is 89.9 Å². The second kappa shape index (κ2) is 4.94. The summed E-state index contributed by atoms with van der Waals surface area (Å²) in [5.41, 5.74) is 1.16. The van der Waals surface area contributed by atoms with Gasteiger partial charge >= 0.3 is 17.9 Å². The van der Waals surface area contributed by atoms with Crippen LogP contribution in [0.5, 0.6) is 0 Å². The van der Waals surface area contributed by atoms with Crippen LogP contribution in [0.3, 0.4) is 0 Å². The summed E-state index contributed by atoms with van der Waals surface area (Å²) < 4.78 is 9.35. The van der Waals surface area contributed by atoms with Crippen molar-refractivity contribution in [2.24, 2.45) is 0 Å². The van der Waals surface area contributed by atoms with Crippen LogP contribution in [0.25, 0.3) is 0 Å². The molecule has 7 heteroatoms. The zero-order valence-corrected chi connectivity index (χ0v) is 12.3. The Morgan fingerprint density at radius 1 is 0.957 bits per heavy atom. The van der Waals surface area contributed by atoms with Crippen LogP contribution >= 0.6 is 11.8 Å². The van der Waals surface area contributed by atoms with Crippen molar-refractivity contribution in [1.82, 2.24) is 0 Å². The number of carbonyl (C=O) groups is 3. The minimum Gasteiger partial charge on any atom is -0.428 e. The lowest BCUT2D eigenvalue weighted by atomic mass is 10.1. The quantitative estimate of drug-likeness (QED) is 0.668. The standard InChI is InChI=1S/C16H8O6S/c17-13-8-5-4-7(6-10(8)15(19)21-13)23-11-3-1-2-9-12(11)16(20)22-14(9)18/h1-6,13,17H. The summed E-state index contributed by atoms with van der Waals surface area (Å²) in [7, 11) is 0. The first-order chi connectivity index (χ1) is 11.0. The molecule has 23 heavy (non-hydrogen) atoms. The van der Waals surface area contributed by atoms with Crippen molar-refractivity contribution in [2.75, 3.05) is 0 Å². The van der Waals surface area contributed by atoms with Crippen LogP contribution < -0.4 is 0 Å². The molecule has 1 atom stereocenters. The van der Waals surface area contributed by atoms with E-state index in [0.29, 0.717) is 15.4 Å². The number of aliphatic hydroxyl groups is 1. The van der Waals surface area contributed by atoms with Crippen molar-refractivity contribution in [2.45, 2.75) is 16.1 Å². The third-order valence-electron chi connectivity index (χ3n) is 3.59. The van der Waals surface area contributed by atoms with Gasteiger partial charge < -0.3 is 14.6 Å². The van der Waals surface area contributed by atoms with Crippen LogP contribution in [0.4, 0.5) is 0 Å². The number of hydrogen-bond donors (Lipinski definition) is 1. The fourth-order valence-corrected chi connectivity index (χ4v) is 3.54. The van der Waals surface area contributed by atoms with Gasteiger partial charge in [-0.2, -0.15) is 0 Å². The van der Waals surface area contributed by atoms with Gasteiger partial charge in [-0.05, 0) is 24.3 Å². The fraction of sp³-hybridized carbons (Fsp3) is 0.0625. The molecule has 0 aliphatic carbocycles. The molecule has 4 rings (SSSR count). The zero-order valence-electron chi connectivity index (χ0n) is 11.4. The smallest absolute Gasteiger partial charge is 0.348 e. The summed E-state index contributed by atoms with van der Waals surface area (Å²) in [5, 5.41) is 9.57. The third kappa shape index (κ3) is 2.13. The highest BCUT2D eigenvalue weighted by Gasteiger charge is 2.33. The van der Waals surface area contributed by atoms with Gasteiger partial charge in [0.2, 0.25) is 6.29 Å². The Hall–Kier alpha value is -2.64. The van der Waals surface area contributed by atoms with E-state index in [2.05, 4.69) is 4.74 Å². The van der Waals surface area contributed by atoms with Crippen molar-refractivity contribution in [3.05, 3.63) is 58.7 Å². The minimum atomic E-state index is -1.25. The molecule has 0 aromatic heterocycles. The van der Waals surface area contributed by atoms with E-state index in [1.807, 2.05) is 0 Å². The van der Waals surface area contributed by atoms with Crippen molar-refractivity contribution in [3.8, 4) is 0 Å². The maximum absolute atomic E-state index is 11.8. The lowest BCUT2D eigenvalue weighted by Crippen LogP contribution is -1.98. The van der Waals surface area contributed by atoms with E-state index >= 15 is 0 Å². The summed E-state index contributed by atoms with van der Waals surface area (Å²) in [6, 6.07) is 9.77. The Kier molecular flexibility index (Phi) is 3.00. The molecule has 0 fully saturated rings. The first-order valence-electron chi connectivity index (χ1n) is 6.65. The van der Waals surface area contributed by atoms with Crippen LogP contribution in [0, 0.1) is 0 Å². The monoisotopic (exact) mass is 328 g/mol. The number of fused-ring (bicyclic) bond motifs is 2. The second-order valence-corrected chi connectivity index (χ2v) is 6.08. The number of rotatable bonds is 2. The van der Waals surface area contributed by atoms with Gasteiger partial charge in [0.05, 0.1) is 16.7 Å². The molecule has 0 radical (unpaired) electrons. The highest BCUT2D eigenvalue weighted by Crippen LogP contribution is 2.38. The molecule has 0 amide bonds. The SMILES string of the molecule is O=C1OC(O)c2ccc(Sc3cccc4c3C(=O)OC4=O)cc21. The normalized spacial score (nSPS) is 18.5. The molecule has 0 saturated heterocycles. The molecule has 2 aromatic carbocycles. The number of aliphatic hydroxyl groups excluding tert-OH is 1. The van der Waals surface area contributed by atoms with Crippen LogP contribution in [-0.4, -0.2) is 23.0 Å². The van der Waals surface area contributed by atoms with Crippen LogP contribution in [0.1, 0.15) is 42.9 Å². The Morgan fingerprint density at radius 2 is 1.78 bits per heavy atom. The lowest BCUT2D eigenvalue weighted by molar-refractivity contribution is -0.0547. The average Bonchev–Trinajstić information content (AvgIpc) is 2.97. The summed E-state index contributed by atoms with van der Waals surface area (Å²) >= 11 is 1.23. The molecule has 0 spiro atoms. The van der Waals surface area contributed by atoms with Gasteiger partial charge in [-0.1, -0.05) is 23.9 Å². The van der Waals surface area contributed by atoms with E-state index in [-0.39, 0.29) is 16.7 Å². The average molecular weight is 328 g/mol. The number of carbonyl (C=O) groups excluding carboxylic acids is 3. The number of ether oxygens (including phenoxy) is 2. The summed E-state index contributed by atoms with van der Waals surface area (Å²) in [6.07, 6.45) is -1.25. The van der Waals surface area contributed by atoms with E-state index in [0.717, 1.165) is 0 Å². The molecule has 1 unspecified atom stereocenters. The minimum absolute atomic E-state index is 0.227. The van der Waals surface area contributed by atoms with Gasteiger partial charge in [-0.15, -0.1) is 0 Å². The Balaban J connectivity index is 1.74. The molecule has 2 aromatic rings. The van der Waals surface area contributed by atoms with Crippen molar-refractivity contribution in [3.63, 3.8) is 0 Å². The second-order valence-electron chi connectivity index (χ2n) is 4.96. The van der Waals surface area contributed by atoms with Gasteiger partial charge in [-0.3, -0.25) is 0 Å². The number of benzene rings is 2. The van der Waals surface area contributed by atoms with E-state index in [1.54, 1.807) is 30.3 Å². The van der Waals surface area contributed by atoms with Crippen molar-refractivity contribution < 1.29 is 29.0 Å². The Bertz CT molecular complexity index is 888. The summed E-state index contributed by atoms with van der Waals surface area (Å²) in [4.78, 5) is 36.3. The van der Waals surface area contributed by atoms with Gasteiger partial charge in [0.15, 0.2) is 0 Å². The highest BCUT2D eigenvalue weighted by molar-refractivity contribution is 7.99. The molecule has 2 aliphatic rings. The number of cyclic esters (lactones) is 3. The molecule has 1 N–H and O–H groups in total. The number of esters is 3. The predicted molar refractivity (Wildman–Crippen MR) is 77.1 cm³/mol. The molecule has 0 saturated carbocycles. The van der Waals surface area contributed by atoms with E-state index in [9.17, 15) is 19.5 Å². The number of hydrogen-bond acceptors (Lipinski definition) is 7. The summed E-state index contributed by atoms with van der Waals surface area (Å²) in [5.74, 6) is -1.93. The lowest BCUT2D eigenvalue weighted by Gasteiger charge is -2.06. The highest BCUT2D eigenvalue weighted by atomic mass is 32.2. The first-order valence-corrected chi connectivity index (χ1v) is 7.46. The maximum Gasteiger partial charge on any atom is 0.348 e. The summed E-state index contributed by atoms with van der Waals surface area (Å²) in [6.45, 7) is 0. The Labute approximate surface area is 134 Å². The van der Waals surface area contributed by atoms with Gasteiger partial charge in [-0.25, -0.2) is 14.4 Å². The van der Waals surface area contributed by atoms with E-state index in [1.165, 1.54) is 17.8 Å². The van der Waals surface area contributed by atoms with E-state index in [4.69, 9.17) is 4.74 Å². The first kappa shape index (κ1) is 14.0. The maximum atomic E-state index is 11.8. The molecular formula is C16H8O6S. The molecular weight excluding hydrogens is 320 g/mol. The molecule has 114 valence electrons. The van der Waals surface area contributed by atoms with Crippen molar-refractivity contribution in [1.29, 1.82) is 0 Å². The molecule has 6 nitrogen and oxygen atoms in total. The van der Waals surface area contributed by atoms with Crippen LogP contribution in [0.2, 0.25) is 0 Å². The van der Waals surface area contributed by atoms with Gasteiger partial charge in [0.25, 0.3) is 0 Å². The van der Waals surface area contributed by atoms with Gasteiger partial charge in [0.1, 0.15) is 0 Å². The molecule has 2 aliphatic heterocycles. The fourth-order valence-electron chi connectivity index (χ4n) is 2.53.